The summed E-state index contributed by atoms with van der Waals surface area (Å²) in [6.45, 7) is 2.78. The third kappa shape index (κ3) is 4.27. The molecule has 4 heterocycles. The average molecular weight is 425 g/mol. The Kier molecular flexibility index (Phi) is 5.44. The van der Waals surface area contributed by atoms with Crippen molar-refractivity contribution in [1.29, 1.82) is 5.26 Å². The molecule has 0 saturated carbocycles. The number of anilines is 2. The van der Waals surface area contributed by atoms with Crippen molar-refractivity contribution in [3.63, 3.8) is 0 Å². The molecule has 1 atom stereocenters. The standard InChI is InChI=1S/C25H24N6O/c1-30-9-7-18(16-30)17-32-24-15-27-21(14-26)12-23(24)19-8-10-31-22(11-19)13-25(29-31)28-20-5-3-2-4-6-20/h2-6,8,10-13,15,18H,7,9,16-17H2,1H3,(H,28,29)/t18-/m1/s1. The zero-order valence-electron chi connectivity index (χ0n) is 17.9. The Morgan fingerprint density at radius 3 is 2.84 bits per heavy atom. The quantitative estimate of drug-likeness (QED) is 0.496. The number of hydrogen-bond acceptors (Lipinski definition) is 6. The summed E-state index contributed by atoms with van der Waals surface area (Å²) < 4.78 is 8.02. The van der Waals surface area contributed by atoms with Gasteiger partial charge in [0, 0.05) is 36.0 Å². The highest BCUT2D eigenvalue weighted by Gasteiger charge is 2.21. The van der Waals surface area contributed by atoms with Crippen LogP contribution in [0.15, 0.2) is 67.0 Å². The van der Waals surface area contributed by atoms with E-state index in [1.54, 1.807) is 12.3 Å². The van der Waals surface area contributed by atoms with Gasteiger partial charge in [0.15, 0.2) is 5.82 Å². The predicted molar refractivity (Wildman–Crippen MR) is 124 cm³/mol. The summed E-state index contributed by atoms with van der Waals surface area (Å²) in [5.41, 5.74) is 4.12. The maximum absolute atomic E-state index is 9.37. The van der Waals surface area contributed by atoms with Crippen molar-refractivity contribution in [2.24, 2.45) is 5.92 Å². The van der Waals surface area contributed by atoms with Gasteiger partial charge in [0.1, 0.15) is 17.5 Å². The molecule has 1 N–H and O–H groups in total. The SMILES string of the molecule is CN1CC[C@@H](COc2cnc(C#N)cc2-c2ccn3nc(Nc4ccccc4)cc3c2)C1. The molecule has 1 saturated heterocycles. The van der Waals surface area contributed by atoms with Crippen molar-refractivity contribution >= 4 is 17.0 Å². The fraction of sp³-hybridized carbons (Fsp3) is 0.240. The third-order valence-corrected chi connectivity index (χ3v) is 5.77. The Morgan fingerprint density at radius 2 is 2.06 bits per heavy atom. The average Bonchev–Trinajstić information content (AvgIpc) is 3.42. The number of ether oxygens (including phenoxy) is 1. The van der Waals surface area contributed by atoms with Crippen LogP contribution in [-0.2, 0) is 0 Å². The van der Waals surface area contributed by atoms with Crippen LogP contribution in [0.25, 0.3) is 16.6 Å². The van der Waals surface area contributed by atoms with Gasteiger partial charge in [0.2, 0.25) is 0 Å². The Bertz CT molecular complexity index is 1280. The zero-order chi connectivity index (χ0) is 21.9. The largest absolute Gasteiger partial charge is 0.491 e. The lowest BCUT2D eigenvalue weighted by Crippen LogP contribution is -2.18. The minimum absolute atomic E-state index is 0.368. The molecule has 0 amide bonds. The van der Waals surface area contributed by atoms with Crippen LogP contribution in [0.1, 0.15) is 12.1 Å². The molecule has 0 radical (unpaired) electrons. The summed E-state index contributed by atoms with van der Waals surface area (Å²) in [7, 11) is 2.14. The molecule has 1 fully saturated rings. The van der Waals surface area contributed by atoms with Crippen LogP contribution in [0.4, 0.5) is 11.5 Å². The minimum Gasteiger partial charge on any atom is -0.491 e. The molecule has 1 aliphatic heterocycles. The van der Waals surface area contributed by atoms with E-state index in [-0.39, 0.29) is 0 Å². The van der Waals surface area contributed by atoms with E-state index in [1.165, 1.54) is 0 Å². The zero-order valence-corrected chi connectivity index (χ0v) is 17.9. The van der Waals surface area contributed by atoms with Crippen LogP contribution in [-0.4, -0.2) is 46.2 Å². The first kappa shape index (κ1) is 20.0. The molecule has 0 unspecified atom stereocenters. The summed E-state index contributed by atoms with van der Waals surface area (Å²) in [5, 5.41) is 17.3. The van der Waals surface area contributed by atoms with Crippen molar-refractivity contribution < 1.29 is 4.74 Å². The Morgan fingerprint density at radius 1 is 1.19 bits per heavy atom. The predicted octanol–water partition coefficient (Wildman–Crippen LogP) is 4.34. The number of pyridine rings is 2. The van der Waals surface area contributed by atoms with E-state index in [0.29, 0.717) is 24.0 Å². The maximum Gasteiger partial charge on any atom is 0.153 e. The van der Waals surface area contributed by atoms with Gasteiger partial charge < -0.3 is 15.0 Å². The molecule has 7 nitrogen and oxygen atoms in total. The fourth-order valence-corrected chi connectivity index (χ4v) is 4.11. The highest BCUT2D eigenvalue weighted by Crippen LogP contribution is 2.32. The van der Waals surface area contributed by atoms with Gasteiger partial charge in [-0.2, -0.15) is 10.4 Å². The summed E-state index contributed by atoms with van der Waals surface area (Å²) in [6, 6.07) is 19.9. The number of rotatable bonds is 6. The second kappa shape index (κ2) is 8.69. The highest BCUT2D eigenvalue weighted by atomic mass is 16.5. The Labute approximate surface area is 186 Å². The number of nitrogens with one attached hydrogen (secondary N) is 1. The lowest BCUT2D eigenvalue weighted by Gasteiger charge is -2.15. The number of hydrogen-bond donors (Lipinski definition) is 1. The van der Waals surface area contributed by atoms with Gasteiger partial charge in [-0.25, -0.2) is 9.50 Å². The van der Waals surface area contributed by atoms with Crippen LogP contribution < -0.4 is 10.1 Å². The smallest absolute Gasteiger partial charge is 0.153 e. The summed E-state index contributed by atoms with van der Waals surface area (Å²) in [6.07, 6.45) is 4.72. The van der Waals surface area contributed by atoms with Gasteiger partial charge in [-0.3, -0.25) is 0 Å². The first-order chi connectivity index (χ1) is 15.7. The van der Waals surface area contributed by atoms with Crippen molar-refractivity contribution in [3.05, 3.63) is 72.7 Å². The van der Waals surface area contributed by atoms with Gasteiger partial charge >= 0.3 is 0 Å². The molecule has 5 rings (SSSR count). The van der Waals surface area contributed by atoms with Gasteiger partial charge in [-0.05, 0) is 55.9 Å². The van der Waals surface area contributed by atoms with E-state index in [2.05, 4.69) is 39.5 Å². The fourth-order valence-electron chi connectivity index (χ4n) is 4.11. The third-order valence-electron chi connectivity index (χ3n) is 5.77. The number of para-hydroxylation sites is 1. The molecule has 160 valence electrons. The first-order valence-corrected chi connectivity index (χ1v) is 10.7. The van der Waals surface area contributed by atoms with E-state index >= 15 is 0 Å². The minimum atomic E-state index is 0.368. The van der Waals surface area contributed by atoms with E-state index in [4.69, 9.17) is 4.74 Å². The Balaban J connectivity index is 1.43. The lowest BCUT2D eigenvalue weighted by atomic mass is 10.1. The number of nitriles is 1. The van der Waals surface area contributed by atoms with Crippen molar-refractivity contribution in [2.75, 3.05) is 32.1 Å². The maximum atomic E-state index is 9.37. The molecule has 7 heteroatoms. The number of benzene rings is 1. The molecule has 4 aromatic rings. The van der Waals surface area contributed by atoms with Crippen molar-refractivity contribution in [3.8, 4) is 22.9 Å². The van der Waals surface area contributed by atoms with E-state index in [9.17, 15) is 5.26 Å². The number of aromatic nitrogens is 3. The summed E-state index contributed by atoms with van der Waals surface area (Å²) in [5.74, 6) is 1.97. The highest BCUT2D eigenvalue weighted by molar-refractivity contribution is 5.75. The number of likely N-dealkylation sites (tertiary alicyclic amines) is 1. The second-order valence-electron chi connectivity index (χ2n) is 8.21. The molecular weight excluding hydrogens is 400 g/mol. The lowest BCUT2D eigenvalue weighted by molar-refractivity contribution is 0.249. The van der Waals surface area contributed by atoms with E-state index in [1.807, 2.05) is 53.2 Å². The monoisotopic (exact) mass is 424 g/mol. The molecule has 1 aliphatic rings. The topological polar surface area (TPSA) is 78.5 Å². The van der Waals surface area contributed by atoms with Gasteiger partial charge in [-0.1, -0.05) is 18.2 Å². The number of nitrogens with zero attached hydrogens (tertiary/aromatic N) is 5. The van der Waals surface area contributed by atoms with Gasteiger partial charge in [0.25, 0.3) is 0 Å². The first-order valence-electron chi connectivity index (χ1n) is 10.7. The van der Waals surface area contributed by atoms with Crippen LogP contribution in [0, 0.1) is 17.2 Å². The molecule has 1 aromatic carbocycles. The van der Waals surface area contributed by atoms with Crippen molar-refractivity contribution in [2.45, 2.75) is 6.42 Å². The van der Waals surface area contributed by atoms with E-state index < -0.39 is 0 Å². The van der Waals surface area contributed by atoms with Crippen LogP contribution in [0.2, 0.25) is 0 Å². The van der Waals surface area contributed by atoms with Crippen LogP contribution in [0.5, 0.6) is 5.75 Å². The van der Waals surface area contributed by atoms with Gasteiger partial charge in [-0.15, -0.1) is 0 Å². The molecule has 0 spiro atoms. The van der Waals surface area contributed by atoms with Crippen LogP contribution in [0.3, 0.4) is 0 Å². The molecule has 0 bridgehead atoms. The molecule has 32 heavy (non-hydrogen) atoms. The molecule has 3 aromatic heterocycles. The van der Waals surface area contributed by atoms with E-state index in [0.717, 1.165) is 47.7 Å². The van der Waals surface area contributed by atoms with Crippen LogP contribution >= 0.6 is 0 Å². The molecule has 0 aliphatic carbocycles. The Hall–Kier alpha value is -3.89. The normalized spacial score (nSPS) is 16.2. The summed E-state index contributed by atoms with van der Waals surface area (Å²) >= 11 is 0. The van der Waals surface area contributed by atoms with Crippen molar-refractivity contribution in [1.82, 2.24) is 19.5 Å². The molecular formula is C25H24N6O. The summed E-state index contributed by atoms with van der Waals surface area (Å²) in [4.78, 5) is 6.55. The number of fused-ring (bicyclic) bond motifs is 1. The second-order valence-corrected chi connectivity index (χ2v) is 8.21. The van der Waals surface area contributed by atoms with Gasteiger partial charge in [0.05, 0.1) is 18.3 Å².